The van der Waals surface area contributed by atoms with E-state index < -0.39 is 5.41 Å². The van der Waals surface area contributed by atoms with Gasteiger partial charge in [-0.25, -0.2) is 0 Å². The summed E-state index contributed by atoms with van der Waals surface area (Å²) in [6, 6.07) is 6.13. The van der Waals surface area contributed by atoms with Crippen LogP contribution in [0.3, 0.4) is 0 Å². The number of rotatable bonds is 4. The van der Waals surface area contributed by atoms with Crippen LogP contribution >= 0.6 is 0 Å². The summed E-state index contributed by atoms with van der Waals surface area (Å²) < 4.78 is 10.5. The van der Waals surface area contributed by atoms with Crippen molar-refractivity contribution < 1.29 is 14.3 Å². The van der Waals surface area contributed by atoms with Crippen molar-refractivity contribution in [3.8, 4) is 5.75 Å². The summed E-state index contributed by atoms with van der Waals surface area (Å²) in [5, 5.41) is 0. The van der Waals surface area contributed by atoms with Crippen LogP contribution in [0, 0.1) is 5.41 Å². The molecular weight excluding hydrogens is 254 g/mol. The standard InChI is InChI=1S/C16H23NO3/c1-16(2,15(18)19-3)10-20-12-8-7-11-5-4-6-14(17)13(11)9-12/h7-9,14H,4-6,10,17H2,1-3H3/t14-/m0/s1. The van der Waals surface area contributed by atoms with Crippen molar-refractivity contribution in [2.24, 2.45) is 11.1 Å². The van der Waals surface area contributed by atoms with Crippen LogP contribution in [0.15, 0.2) is 18.2 Å². The molecule has 2 N–H and O–H groups in total. The first-order valence-corrected chi connectivity index (χ1v) is 7.03. The second-order valence-electron chi connectivity index (χ2n) is 6.02. The highest BCUT2D eigenvalue weighted by Crippen LogP contribution is 2.31. The third-order valence-corrected chi connectivity index (χ3v) is 3.82. The van der Waals surface area contributed by atoms with Crippen molar-refractivity contribution in [2.75, 3.05) is 13.7 Å². The molecule has 0 aromatic heterocycles. The van der Waals surface area contributed by atoms with Gasteiger partial charge in [0.15, 0.2) is 0 Å². The van der Waals surface area contributed by atoms with Gasteiger partial charge in [-0.15, -0.1) is 0 Å². The maximum Gasteiger partial charge on any atom is 0.314 e. The van der Waals surface area contributed by atoms with Gasteiger partial charge in [-0.1, -0.05) is 6.07 Å². The fourth-order valence-electron chi connectivity index (χ4n) is 2.50. The number of benzene rings is 1. The summed E-state index contributed by atoms with van der Waals surface area (Å²) in [5.41, 5.74) is 7.96. The van der Waals surface area contributed by atoms with E-state index in [2.05, 4.69) is 6.07 Å². The molecule has 0 fully saturated rings. The number of hydrogen-bond donors (Lipinski definition) is 1. The van der Waals surface area contributed by atoms with E-state index in [1.807, 2.05) is 26.0 Å². The first kappa shape index (κ1) is 14.9. The molecule has 20 heavy (non-hydrogen) atoms. The van der Waals surface area contributed by atoms with Crippen LogP contribution in [0.2, 0.25) is 0 Å². The number of esters is 1. The predicted octanol–water partition coefficient (Wildman–Crippen LogP) is 2.60. The third kappa shape index (κ3) is 3.12. The summed E-state index contributed by atoms with van der Waals surface area (Å²) in [5.74, 6) is 0.491. The van der Waals surface area contributed by atoms with Gasteiger partial charge < -0.3 is 15.2 Å². The molecule has 0 spiro atoms. The molecule has 4 nitrogen and oxygen atoms in total. The molecule has 1 aliphatic carbocycles. The number of fused-ring (bicyclic) bond motifs is 1. The maximum atomic E-state index is 11.6. The Bertz CT molecular complexity index is 496. The van der Waals surface area contributed by atoms with Gasteiger partial charge in [0.1, 0.15) is 12.4 Å². The first-order valence-electron chi connectivity index (χ1n) is 7.03. The average Bonchev–Trinajstić information content (AvgIpc) is 2.45. The van der Waals surface area contributed by atoms with Crippen LogP contribution in [-0.2, 0) is 16.0 Å². The summed E-state index contributed by atoms with van der Waals surface area (Å²) in [4.78, 5) is 11.6. The molecule has 0 amide bonds. The third-order valence-electron chi connectivity index (χ3n) is 3.82. The minimum absolute atomic E-state index is 0.0934. The molecular formula is C16H23NO3. The van der Waals surface area contributed by atoms with Crippen LogP contribution in [-0.4, -0.2) is 19.7 Å². The molecule has 1 aromatic carbocycles. The zero-order chi connectivity index (χ0) is 14.8. The van der Waals surface area contributed by atoms with Crippen LogP contribution in [0.4, 0.5) is 0 Å². The molecule has 1 atom stereocenters. The molecule has 0 radical (unpaired) electrons. The number of carbonyl (C=O) groups is 1. The summed E-state index contributed by atoms with van der Waals surface area (Å²) in [6.45, 7) is 3.90. The number of hydrogen-bond acceptors (Lipinski definition) is 4. The van der Waals surface area contributed by atoms with Crippen molar-refractivity contribution in [2.45, 2.75) is 39.2 Å². The lowest BCUT2D eigenvalue weighted by Gasteiger charge is -2.25. The number of ether oxygens (including phenoxy) is 2. The van der Waals surface area contributed by atoms with Crippen molar-refractivity contribution in [3.63, 3.8) is 0 Å². The number of nitrogens with two attached hydrogens (primary N) is 1. The van der Waals surface area contributed by atoms with Crippen LogP contribution in [0.1, 0.15) is 43.9 Å². The topological polar surface area (TPSA) is 61.5 Å². The second kappa shape index (κ2) is 5.83. The van der Waals surface area contributed by atoms with Crippen molar-refractivity contribution in [1.29, 1.82) is 0 Å². The highest BCUT2D eigenvalue weighted by molar-refractivity contribution is 5.75. The summed E-state index contributed by atoms with van der Waals surface area (Å²) >= 11 is 0. The smallest absolute Gasteiger partial charge is 0.314 e. The van der Waals surface area contributed by atoms with Gasteiger partial charge >= 0.3 is 5.97 Å². The van der Waals surface area contributed by atoms with E-state index >= 15 is 0 Å². The molecule has 0 unspecified atom stereocenters. The van der Waals surface area contributed by atoms with Crippen molar-refractivity contribution in [3.05, 3.63) is 29.3 Å². The van der Waals surface area contributed by atoms with Gasteiger partial charge in [0.05, 0.1) is 12.5 Å². The largest absolute Gasteiger partial charge is 0.492 e. The molecule has 0 aliphatic heterocycles. The molecule has 0 saturated heterocycles. The monoisotopic (exact) mass is 277 g/mol. The average molecular weight is 277 g/mol. The van der Waals surface area contributed by atoms with Gasteiger partial charge in [-0.2, -0.15) is 0 Å². The predicted molar refractivity (Wildman–Crippen MR) is 77.6 cm³/mol. The molecule has 0 bridgehead atoms. The molecule has 1 aromatic rings. The van der Waals surface area contributed by atoms with Crippen LogP contribution < -0.4 is 10.5 Å². The van der Waals surface area contributed by atoms with E-state index in [0.717, 1.165) is 25.0 Å². The Balaban J connectivity index is 2.08. The minimum Gasteiger partial charge on any atom is -0.492 e. The normalized spacial score (nSPS) is 18.3. The van der Waals surface area contributed by atoms with E-state index in [0.29, 0.717) is 0 Å². The lowest BCUT2D eigenvalue weighted by Crippen LogP contribution is -2.32. The maximum absolute atomic E-state index is 11.6. The van der Waals surface area contributed by atoms with Gasteiger partial charge in [-0.05, 0) is 56.4 Å². The van der Waals surface area contributed by atoms with Crippen molar-refractivity contribution >= 4 is 5.97 Å². The van der Waals surface area contributed by atoms with E-state index in [-0.39, 0.29) is 18.6 Å². The van der Waals surface area contributed by atoms with E-state index in [1.54, 1.807) is 0 Å². The Morgan fingerprint density at radius 2 is 2.20 bits per heavy atom. The Labute approximate surface area is 120 Å². The van der Waals surface area contributed by atoms with Gasteiger partial charge in [0, 0.05) is 6.04 Å². The lowest BCUT2D eigenvalue weighted by molar-refractivity contribution is -0.152. The van der Waals surface area contributed by atoms with Crippen molar-refractivity contribution in [1.82, 2.24) is 0 Å². The number of aryl methyl sites for hydroxylation is 1. The molecule has 0 heterocycles. The molecule has 1 aliphatic rings. The summed E-state index contributed by atoms with van der Waals surface area (Å²) in [6.07, 6.45) is 3.24. The van der Waals surface area contributed by atoms with Gasteiger partial charge in [-0.3, -0.25) is 4.79 Å². The second-order valence-corrected chi connectivity index (χ2v) is 6.02. The van der Waals surface area contributed by atoms with Gasteiger partial charge in [0.25, 0.3) is 0 Å². The Hall–Kier alpha value is -1.55. The fraction of sp³-hybridized carbons (Fsp3) is 0.562. The highest BCUT2D eigenvalue weighted by Gasteiger charge is 2.30. The molecule has 2 rings (SSSR count). The van der Waals surface area contributed by atoms with Crippen LogP contribution in [0.5, 0.6) is 5.75 Å². The summed E-state index contributed by atoms with van der Waals surface area (Å²) in [7, 11) is 1.39. The first-order chi connectivity index (χ1) is 9.44. The quantitative estimate of drug-likeness (QED) is 0.859. The van der Waals surface area contributed by atoms with E-state index in [1.165, 1.54) is 18.2 Å². The van der Waals surface area contributed by atoms with E-state index in [4.69, 9.17) is 15.2 Å². The van der Waals surface area contributed by atoms with E-state index in [9.17, 15) is 4.79 Å². The zero-order valence-corrected chi connectivity index (χ0v) is 12.4. The van der Waals surface area contributed by atoms with Gasteiger partial charge in [0.2, 0.25) is 0 Å². The SMILES string of the molecule is COC(=O)C(C)(C)COc1ccc2c(c1)[C@@H](N)CCC2. The Morgan fingerprint density at radius 3 is 2.90 bits per heavy atom. The Kier molecular flexibility index (Phi) is 4.33. The Morgan fingerprint density at radius 1 is 1.45 bits per heavy atom. The number of carbonyl (C=O) groups excluding carboxylic acids is 1. The number of methoxy groups -OCH3 is 1. The lowest BCUT2D eigenvalue weighted by atomic mass is 9.88. The molecule has 110 valence electrons. The fourth-order valence-corrected chi connectivity index (χ4v) is 2.50. The van der Waals surface area contributed by atoms with Crippen LogP contribution in [0.25, 0.3) is 0 Å². The molecule has 4 heteroatoms. The zero-order valence-electron chi connectivity index (χ0n) is 12.4. The minimum atomic E-state index is -0.660. The highest BCUT2D eigenvalue weighted by atomic mass is 16.5. The molecule has 0 saturated carbocycles.